The standard InChI is InChI=1S/C13H13F4NO4S/c1-7-3-2-4-10(14)11(7)23(21,22)18-5-8(12(19)20)9(6-18)13(15,16)17/h2-4,8-9H,5-6H2,1H3,(H,19,20)/t8-,9-/m1/s1. The van der Waals surface area contributed by atoms with Gasteiger partial charge in [-0.25, -0.2) is 12.8 Å². The molecule has 1 fully saturated rings. The number of aliphatic carboxylic acids is 1. The average molecular weight is 355 g/mol. The third-order valence-electron chi connectivity index (χ3n) is 3.79. The molecule has 5 nitrogen and oxygen atoms in total. The third kappa shape index (κ3) is 3.18. The highest BCUT2D eigenvalue weighted by Gasteiger charge is 2.55. The van der Waals surface area contributed by atoms with Crippen molar-refractivity contribution in [3.63, 3.8) is 0 Å². The van der Waals surface area contributed by atoms with Crippen molar-refractivity contribution in [1.29, 1.82) is 0 Å². The Morgan fingerprint density at radius 2 is 1.91 bits per heavy atom. The second-order valence-corrected chi connectivity index (χ2v) is 7.18. The van der Waals surface area contributed by atoms with E-state index in [-0.39, 0.29) is 5.56 Å². The van der Waals surface area contributed by atoms with Gasteiger partial charge in [-0.15, -0.1) is 0 Å². The van der Waals surface area contributed by atoms with Gasteiger partial charge in [-0.1, -0.05) is 12.1 Å². The summed E-state index contributed by atoms with van der Waals surface area (Å²) in [7, 11) is -4.56. The first kappa shape index (κ1) is 17.7. The molecule has 0 bridgehead atoms. The fraction of sp³-hybridized carbons (Fsp3) is 0.462. The number of benzene rings is 1. The summed E-state index contributed by atoms with van der Waals surface area (Å²) >= 11 is 0. The number of hydrogen-bond donors (Lipinski definition) is 1. The Morgan fingerprint density at radius 3 is 2.35 bits per heavy atom. The van der Waals surface area contributed by atoms with Gasteiger partial charge in [-0.05, 0) is 18.6 Å². The van der Waals surface area contributed by atoms with E-state index in [1.807, 2.05) is 0 Å². The number of halogens is 4. The molecule has 1 aliphatic heterocycles. The molecule has 1 aliphatic rings. The maximum Gasteiger partial charge on any atom is 0.393 e. The Balaban J connectivity index is 2.45. The van der Waals surface area contributed by atoms with Crippen LogP contribution in [-0.2, 0) is 14.8 Å². The maximum atomic E-state index is 13.8. The normalized spacial score (nSPS) is 23.2. The first-order chi connectivity index (χ1) is 10.5. The Kier molecular flexibility index (Phi) is 4.42. The predicted octanol–water partition coefficient (Wildman–Crippen LogP) is 2.02. The topological polar surface area (TPSA) is 74.7 Å². The van der Waals surface area contributed by atoms with Crippen molar-refractivity contribution in [3.8, 4) is 0 Å². The lowest BCUT2D eigenvalue weighted by molar-refractivity contribution is -0.187. The van der Waals surface area contributed by atoms with Crippen molar-refractivity contribution in [2.75, 3.05) is 13.1 Å². The van der Waals surface area contributed by atoms with Crippen LogP contribution in [0.1, 0.15) is 5.56 Å². The van der Waals surface area contributed by atoms with Crippen LogP contribution < -0.4 is 0 Å². The quantitative estimate of drug-likeness (QED) is 0.842. The zero-order chi connectivity index (χ0) is 17.6. The van der Waals surface area contributed by atoms with E-state index in [0.29, 0.717) is 4.31 Å². The zero-order valence-electron chi connectivity index (χ0n) is 11.8. The van der Waals surface area contributed by atoms with Crippen LogP contribution in [-0.4, -0.2) is 43.1 Å². The molecule has 0 unspecified atom stereocenters. The maximum absolute atomic E-state index is 13.8. The van der Waals surface area contributed by atoms with Crippen LogP contribution in [0, 0.1) is 24.6 Å². The second-order valence-electron chi connectivity index (χ2n) is 5.30. The highest BCUT2D eigenvalue weighted by atomic mass is 32.2. The SMILES string of the molecule is Cc1cccc(F)c1S(=O)(=O)N1C[C@@H](C(F)(F)F)[C@H](C(=O)O)C1. The van der Waals surface area contributed by atoms with Crippen LogP contribution in [0.15, 0.2) is 23.1 Å². The molecule has 0 spiro atoms. The van der Waals surface area contributed by atoms with Crippen molar-refractivity contribution in [3.05, 3.63) is 29.6 Å². The summed E-state index contributed by atoms with van der Waals surface area (Å²) in [6.07, 6.45) is -4.86. The molecule has 23 heavy (non-hydrogen) atoms. The van der Waals surface area contributed by atoms with Crippen molar-refractivity contribution >= 4 is 16.0 Å². The van der Waals surface area contributed by atoms with Gasteiger partial charge in [-0.3, -0.25) is 4.79 Å². The summed E-state index contributed by atoms with van der Waals surface area (Å²) in [6.45, 7) is -0.589. The van der Waals surface area contributed by atoms with E-state index in [1.165, 1.54) is 19.1 Å². The van der Waals surface area contributed by atoms with E-state index in [1.54, 1.807) is 0 Å². The molecule has 1 heterocycles. The number of aryl methyl sites for hydroxylation is 1. The number of hydrogen-bond acceptors (Lipinski definition) is 3. The van der Waals surface area contributed by atoms with Gasteiger partial charge in [0.1, 0.15) is 10.7 Å². The first-order valence-corrected chi connectivity index (χ1v) is 7.95. The fourth-order valence-corrected chi connectivity index (χ4v) is 4.38. The molecule has 1 aromatic rings. The zero-order valence-corrected chi connectivity index (χ0v) is 12.7. The van der Waals surface area contributed by atoms with Gasteiger partial charge >= 0.3 is 12.1 Å². The van der Waals surface area contributed by atoms with Gasteiger partial charge in [0.15, 0.2) is 0 Å². The van der Waals surface area contributed by atoms with Crippen LogP contribution in [0.5, 0.6) is 0 Å². The number of alkyl halides is 3. The summed E-state index contributed by atoms with van der Waals surface area (Å²) < 4.78 is 77.9. The molecule has 1 N–H and O–H groups in total. The molecule has 2 atom stereocenters. The average Bonchev–Trinajstić information content (AvgIpc) is 2.83. The molecule has 0 saturated carbocycles. The minimum Gasteiger partial charge on any atom is -0.481 e. The lowest BCUT2D eigenvalue weighted by Crippen LogP contribution is -2.34. The third-order valence-corrected chi connectivity index (χ3v) is 5.80. The molecular formula is C13H13F4NO4S. The lowest BCUT2D eigenvalue weighted by Gasteiger charge is -2.19. The second kappa shape index (κ2) is 5.75. The van der Waals surface area contributed by atoms with Crippen LogP contribution in [0.2, 0.25) is 0 Å². The van der Waals surface area contributed by atoms with E-state index in [4.69, 9.17) is 5.11 Å². The molecule has 0 radical (unpaired) electrons. The summed E-state index contributed by atoms with van der Waals surface area (Å²) in [4.78, 5) is 10.3. The number of rotatable bonds is 3. The van der Waals surface area contributed by atoms with Crippen LogP contribution in [0.25, 0.3) is 0 Å². The highest BCUT2D eigenvalue weighted by Crippen LogP contribution is 2.40. The van der Waals surface area contributed by atoms with Crippen LogP contribution in [0.3, 0.4) is 0 Å². The van der Waals surface area contributed by atoms with Gasteiger partial charge < -0.3 is 5.11 Å². The summed E-state index contributed by atoms with van der Waals surface area (Å²) in [5, 5.41) is 8.91. The van der Waals surface area contributed by atoms with Crippen molar-refractivity contribution < 1.29 is 35.9 Å². The molecule has 2 rings (SSSR count). The lowest BCUT2D eigenvalue weighted by atomic mass is 9.96. The number of carbonyl (C=O) groups is 1. The minimum absolute atomic E-state index is 0.0346. The van der Waals surface area contributed by atoms with Crippen molar-refractivity contribution in [2.45, 2.75) is 18.0 Å². The molecule has 10 heteroatoms. The van der Waals surface area contributed by atoms with E-state index < -0.39 is 57.8 Å². The molecule has 0 amide bonds. The minimum atomic E-state index is -4.86. The molecule has 0 aromatic heterocycles. The smallest absolute Gasteiger partial charge is 0.393 e. The first-order valence-electron chi connectivity index (χ1n) is 6.51. The largest absolute Gasteiger partial charge is 0.481 e. The predicted molar refractivity (Wildman–Crippen MR) is 70.6 cm³/mol. The Bertz CT molecular complexity index is 712. The Labute approximate surface area is 129 Å². The number of nitrogens with zero attached hydrogens (tertiary/aromatic N) is 1. The number of carboxylic acids is 1. The van der Waals surface area contributed by atoms with Gasteiger partial charge in [-0.2, -0.15) is 17.5 Å². The molecular weight excluding hydrogens is 342 g/mol. The van der Waals surface area contributed by atoms with Gasteiger partial charge in [0.25, 0.3) is 0 Å². The van der Waals surface area contributed by atoms with Gasteiger partial charge in [0.05, 0.1) is 11.8 Å². The summed E-state index contributed by atoms with van der Waals surface area (Å²) in [6, 6.07) is 3.46. The van der Waals surface area contributed by atoms with Gasteiger partial charge in [0.2, 0.25) is 10.0 Å². The van der Waals surface area contributed by atoms with Crippen molar-refractivity contribution in [1.82, 2.24) is 4.31 Å². The number of carboxylic acid groups (broad SMARTS) is 1. The monoisotopic (exact) mass is 355 g/mol. The van der Waals surface area contributed by atoms with E-state index in [9.17, 15) is 30.8 Å². The fourth-order valence-electron chi connectivity index (χ4n) is 2.62. The highest BCUT2D eigenvalue weighted by molar-refractivity contribution is 7.89. The van der Waals surface area contributed by atoms with Crippen LogP contribution >= 0.6 is 0 Å². The van der Waals surface area contributed by atoms with E-state index in [0.717, 1.165) is 6.07 Å². The molecule has 1 saturated heterocycles. The van der Waals surface area contributed by atoms with E-state index >= 15 is 0 Å². The Morgan fingerprint density at radius 1 is 1.30 bits per heavy atom. The molecule has 0 aliphatic carbocycles. The number of sulfonamides is 1. The van der Waals surface area contributed by atoms with E-state index in [2.05, 4.69) is 0 Å². The Hall–Kier alpha value is -1.68. The van der Waals surface area contributed by atoms with Crippen molar-refractivity contribution in [2.24, 2.45) is 11.8 Å². The summed E-state index contributed by atoms with van der Waals surface area (Å²) in [5.74, 6) is -7.08. The van der Waals surface area contributed by atoms with Crippen LogP contribution in [0.4, 0.5) is 17.6 Å². The summed E-state index contributed by atoms with van der Waals surface area (Å²) in [5.41, 5.74) is 0.0346. The molecule has 128 valence electrons. The molecule has 1 aromatic carbocycles. The van der Waals surface area contributed by atoms with Gasteiger partial charge in [0, 0.05) is 13.1 Å².